The van der Waals surface area contributed by atoms with E-state index in [-0.39, 0.29) is 23.9 Å². The van der Waals surface area contributed by atoms with E-state index >= 15 is 0 Å². The highest BCUT2D eigenvalue weighted by Crippen LogP contribution is 2.18. The SMILES string of the molecule is CCOC(=O)CN1CCN(c2ncc(C=O)cc2F)CC1. The smallest absolute Gasteiger partial charge is 0.320 e. The van der Waals surface area contributed by atoms with E-state index < -0.39 is 5.82 Å². The average Bonchev–Trinajstić information content (AvgIpc) is 2.48. The van der Waals surface area contributed by atoms with E-state index in [0.29, 0.717) is 39.1 Å². The van der Waals surface area contributed by atoms with Crippen LogP contribution in [-0.4, -0.2) is 61.5 Å². The molecule has 0 spiro atoms. The molecule has 0 atom stereocenters. The molecule has 1 aromatic heterocycles. The van der Waals surface area contributed by atoms with Crippen molar-refractivity contribution < 1.29 is 18.7 Å². The Balaban J connectivity index is 1.92. The third kappa shape index (κ3) is 3.98. The highest BCUT2D eigenvalue weighted by Gasteiger charge is 2.22. The van der Waals surface area contributed by atoms with Gasteiger partial charge in [-0.15, -0.1) is 0 Å². The van der Waals surface area contributed by atoms with Crippen molar-refractivity contribution in [3.63, 3.8) is 0 Å². The van der Waals surface area contributed by atoms with Gasteiger partial charge in [-0.05, 0) is 13.0 Å². The first kappa shape index (κ1) is 15.4. The largest absolute Gasteiger partial charge is 0.465 e. The number of ether oxygens (including phenoxy) is 1. The molecule has 1 aliphatic rings. The van der Waals surface area contributed by atoms with Crippen LogP contribution in [0.25, 0.3) is 0 Å². The van der Waals surface area contributed by atoms with Crippen LogP contribution in [0, 0.1) is 5.82 Å². The molecule has 7 heteroatoms. The van der Waals surface area contributed by atoms with Crippen LogP contribution in [0.5, 0.6) is 0 Å². The van der Waals surface area contributed by atoms with Crippen LogP contribution in [0.1, 0.15) is 17.3 Å². The summed E-state index contributed by atoms with van der Waals surface area (Å²) in [6.07, 6.45) is 1.92. The molecule has 0 aliphatic carbocycles. The van der Waals surface area contributed by atoms with Crippen molar-refractivity contribution in [2.75, 3.05) is 44.2 Å². The fourth-order valence-electron chi connectivity index (χ4n) is 2.25. The van der Waals surface area contributed by atoms with Gasteiger partial charge in [0, 0.05) is 37.9 Å². The van der Waals surface area contributed by atoms with E-state index in [1.54, 1.807) is 6.92 Å². The summed E-state index contributed by atoms with van der Waals surface area (Å²) in [6, 6.07) is 1.18. The van der Waals surface area contributed by atoms with Crippen molar-refractivity contribution in [3.05, 3.63) is 23.6 Å². The lowest BCUT2D eigenvalue weighted by Gasteiger charge is -2.34. The number of aldehydes is 1. The Morgan fingerprint density at radius 1 is 1.43 bits per heavy atom. The second kappa shape index (κ2) is 7.12. The Morgan fingerprint density at radius 2 is 2.14 bits per heavy atom. The van der Waals surface area contributed by atoms with Gasteiger partial charge >= 0.3 is 5.97 Å². The summed E-state index contributed by atoms with van der Waals surface area (Å²) in [5.41, 5.74) is 0.220. The number of carbonyl (C=O) groups excluding carboxylic acids is 2. The first-order chi connectivity index (χ1) is 10.1. The molecule has 1 aromatic rings. The molecule has 114 valence electrons. The summed E-state index contributed by atoms with van der Waals surface area (Å²) in [4.78, 5) is 29.8. The number of rotatable bonds is 5. The second-order valence-electron chi connectivity index (χ2n) is 4.76. The third-order valence-corrected chi connectivity index (χ3v) is 3.31. The molecule has 6 nitrogen and oxygen atoms in total. The van der Waals surface area contributed by atoms with Crippen molar-refractivity contribution in [2.45, 2.75) is 6.92 Å². The Morgan fingerprint density at radius 3 is 2.71 bits per heavy atom. The van der Waals surface area contributed by atoms with Crippen LogP contribution < -0.4 is 4.90 Å². The summed E-state index contributed by atoms with van der Waals surface area (Å²) in [6.45, 7) is 4.81. The van der Waals surface area contributed by atoms with E-state index in [2.05, 4.69) is 4.98 Å². The van der Waals surface area contributed by atoms with Crippen molar-refractivity contribution in [3.8, 4) is 0 Å². The predicted octanol–water partition coefficient (Wildman–Crippen LogP) is 0.718. The first-order valence-corrected chi connectivity index (χ1v) is 6.87. The van der Waals surface area contributed by atoms with Crippen molar-refractivity contribution in [2.24, 2.45) is 0 Å². The maximum Gasteiger partial charge on any atom is 0.320 e. The van der Waals surface area contributed by atoms with Gasteiger partial charge in [0.2, 0.25) is 0 Å². The van der Waals surface area contributed by atoms with Crippen LogP contribution in [0.15, 0.2) is 12.3 Å². The zero-order chi connectivity index (χ0) is 15.2. The molecule has 0 saturated carbocycles. The lowest BCUT2D eigenvalue weighted by Crippen LogP contribution is -2.48. The number of hydrogen-bond acceptors (Lipinski definition) is 6. The highest BCUT2D eigenvalue weighted by atomic mass is 19.1. The minimum absolute atomic E-state index is 0.220. The van der Waals surface area contributed by atoms with Crippen LogP contribution in [0.3, 0.4) is 0 Å². The van der Waals surface area contributed by atoms with Gasteiger partial charge in [-0.2, -0.15) is 0 Å². The maximum absolute atomic E-state index is 13.9. The topological polar surface area (TPSA) is 62.7 Å². The van der Waals surface area contributed by atoms with Crippen LogP contribution >= 0.6 is 0 Å². The predicted molar refractivity (Wildman–Crippen MR) is 74.9 cm³/mol. The lowest BCUT2D eigenvalue weighted by atomic mass is 10.2. The quantitative estimate of drug-likeness (QED) is 0.589. The number of nitrogens with zero attached hydrogens (tertiary/aromatic N) is 3. The van der Waals surface area contributed by atoms with Gasteiger partial charge in [-0.3, -0.25) is 14.5 Å². The molecule has 2 rings (SSSR count). The molecule has 0 aromatic carbocycles. The van der Waals surface area contributed by atoms with Gasteiger partial charge in [0.05, 0.1) is 13.2 Å². The molecule has 0 amide bonds. The van der Waals surface area contributed by atoms with E-state index in [9.17, 15) is 14.0 Å². The van der Waals surface area contributed by atoms with Gasteiger partial charge in [-0.1, -0.05) is 0 Å². The van der Waals surface area contributed by atoms with Crippen molar-refractivity contribution >= 4 is 18.1 Å². The first-order valence-electron chi connectivity index (χ1n) is 6.87. The molecule has 2 heterocycles. The normalized spacial score (nSPS) is 15.8. The summed E-state index contributed by atoms with van der Waals surface area (Å²) in [5.74, 6) is -0.500. The standard InChI is InChI=1S/C14H18FN3O3/c1-2-21-13(20)9-17-3-5-18(6-4-17)14-12(15)7-11(10-19)8-16-14/h7-8,10H,2-6,9H2,1H3. The number of anilines is 1. The number of aromatic nitrogens is 1. The van der Waals surface area contributed by atoms with Gasteiger partial charge in [-0.25, -0.2) is 9.37 Å². The summed E-state index contributed by atoms with van der Waals surface area (Å²) in [7, 11) is 0. The van der Waals surface area contributed by atoms with Crippen LogP contribution in [0.2, 0.25) is 0 Å². The summed E-state index contributed by atoms with van der Waals surface area (Å²) in [5, 5.41) is 0. The molecule has 21 heavy (non-hydrogen) atoms. The molecule has 1 saturated heterocycles. The number of halogens is 1. The molecule has 1 fully saturated rings. The molecular weight excluding hydrogens is 277 g/mol. The zero-order valence-corrected chi connectivity index (χ0v) is 11.9. The van der Waals surface area contributed by atoms with E-state index in [1.807, 2.05) is 9.80 Å². The Hall–Kier alpha value is -2.02. The molecule has 0 N–H and O–H groups in total. The van der Waals surface area contributed by atoms with Gasteiger partial charge in [0.1, 0.15) is 0 Å². The minimum Gasteiger partial charge on any atom is -0.465 e. The number of carbonyl (C=O) groups is 2. The molecule has 1 aliphatic heterocycles. The van der Waals surface area contributed by atoms with E-state index in [4.69, 9.17) is 4.74 Å². The minimum atomic E-state index is -0.501. The fraction of sp³-hybridized carbons (Fsp3) is 0.500. The molecule has 0 unspecified atom stereocenters. The number of hydrogen-bond donors (Lipinski definition) is 0. The number of piperazine rings is 1. The number of pyridine rings is 1. The van der Waals surface area contributed by atoms with Gasteiger partial charge in [0.25, 0.3) is 0 Å². The van der Waals surface area contributed by atoms with E-state index in [0.717, 1.165) is 0 Å². The van der Waals surface area contributed by atoms with Crippen LogP contribution in [-0.2, 0) is 9.53 Å². The second-order valence-corrected chi connectivity index (χ2v) is 4.76. The third-order valence-electron chi connectivity index (χ3n) is 3.31. The van der Waals surface area contributed by atoms with Gasteiger partial charge in [0.15, 0.2) is 17.9 Å². The molecule has 0 bridgehead atoms. The molecule has 0 radical (unpaired) electrons. The zero-order valence-electron chi connectivity index (χ0n) is 11.9. The Labute approximate surface area is 122 Å². The van der Waals surface area contributed by atoms with E-state index in [1.165, 1.54) is 12.3 Å². The average molecular weight is 295 g/mol. The summed E-state index contributed by atoms with van der Waals surface area (Å²) < 4.78 is 18.8. The van der Waals surface area contributed by atoms with Gasteiger partial charge < -0.3 is 9.64 Å². The Bertz CT molecular complexity index is 516. The summed E-state index contributed by atoms with van der Waals surface area (Å²) >= 11 is 0. The van der Waals surface area contributed by atoms with Crippen molar-refractivity contribution in [1.82, 2.24) is 9.88 Å². The lowest BCUT2D eigenvalue weighted by molar-refractivity contribution is -0.144. The Kier molecular flexibility index (Phi) is 5.21. The fourth-order valence-corrected chi connectivity index (χ4v) is 2.25. The van der Waals surface area contributed by atoms with Crippen molar-refractivity contribution in [1.29, 1.82) is 0 Å². The monoisotopic (exact) mass is 295 g/mol. The molecular formula is C14H18FN3O3. The number of esters is 1. The van der Waals surface area contributed by atoms with Crippen LogP contribution in [0.4, 0.5) is 10.2 Å². The maximum atomic E-state index is 13.9. The highest BCUT2D eigenvalue weighted by molar-refractivity contribution is 5.74.